The highest BCUT2D eigenvalue weighted by molar-refractivity contribution is 8.06. The van der Waals surface area contributed by atoms with Crippen molar-refractivity contribution in [2.75, 3.05) is 34.5 Å². The maximum Gasteiger partial charge on any atom is 0.451 e. The van der Waals surface area contributed by atoms with Gasteiger partial charge in [-0.05, 0) is 0 Å². The number of nitrogens with one attached hydrogen (secondary N) is 2. The number of aromatic nitrogens is 2. The van der Waals surface area contributed by atoms with Gasteiger partial charge in [0.2, 0.25) is 5.82 Å². The van der Waals surface area contributed by atoms with Gasteiger partial charge < -0.3 is 10.7 Å². The first-order valence-electron chi connectivity index (χ1n) is 5.85. The van der Waals surface area contributed by atoms with Gasteiger partial charge in [-0.3, -0.25) is 0 Å². The molecule has 1 aromatic heterocycles. The van der Waals surface area contributed by atoms with Crippen molar-refractivity contribution in [3.05, 3.63) is 11.9 Å². The third-order valence-electron chi connectivity index (χ3n) is 2.52. The summed E-state index contributed by atoms with van der Waals surface area (Å²) in [5, 5.41) is 3.29. The van der Waals surface area contributed by atoms with Gasteiger partial charge >= 0.3 is 6.18 Å². The summed E-state index contributed by atoms with van der Waals surface area (Å²) in [6.07, 6.45) is -4.60. The second-order valence-electron chi connectivity index (χ2n) is 4.05. The van der Waals surface area contributed by atoms with Crippen molar-refractivity contribution >= 4 is 35.2 Å². The summed E-state index contributed by atoms with van der Waals surface area (Å²) in [4.78, 5) is 6.77. The second kappa shape index (κ2) is 6.72. The van der Waals surface area contributed by atoms with Gasteiger partial charge in [-0.2, -0.15) is 36.7 Å². The Morgan fingerprint density at radius 1 is 1.30 bits per heavy atom. The molecule has 0 radical (unpaired) electrons. The minimum Gasteiger partial charge on any atom is -0.369 e. The van der Waals surface area contributed by atoms with E-state index >= 15 is 0 Å². The molecule has 112 valence electrons. The van der Waals surface area contributed by atoms with Crippen LogP contribution in [0.25, 0.3) is 0 Å². The number of thioether (sulfide) groups is 2. The summed E-state index contributed by atoms with van der Waals surface area (Å²) in [5.74, 6) is 7.13. The number of hydrogen-bond donors (Lipinski definition) is 3. The van der Waals surface area contributed by atoms with Gasteiger partial charge in [0.05, 0.1) is 0 Å². The smallest absolute Gasteiger partial charge is 0.369 e. The number of anilines is 2. The summed E-state index contributed by atoms with van der Waals surface area (Å²) in [6.45, 7) is 0.565. The zero-order valence-corrected chi connectivity index (χ0v) is 12.0. The van der Waals surface area contributed by atoms with Crippen LogP contribution < -0.4 is 16.6 Å². The van der Waals surface area contributed by atoms with Gasteiger partial charge in [0.1, 0.15) is 11.6 Å². The Morgan fingerprint density at radius 2 is 2.05 bits per heavy atom. The molecule has 0 saturated carbocycles. The van der Waals surface area contributed by atoms with Crippen LogP contribution in [-0.2, 0) is 6.18 Å². The van der Waals surface area contributed by atoms with E-state index in [0.29, 0.717) is 11.8 Å². The van der Waals surface area contributed by atoms with E-state index < -0.39 is 12.0 Å². The molecule has 0 spiro atoms. The minimum atomic E-state index is -4.60. The van der Waals surface area contributed by atoms with Gasteiger partial charge in [0, 0.05) is 35.1 Å². The molecule has 2 rings (SSSR count). The molecule has 1 atom stereocenters. The number of hydrazine groups is 1. The molecule has 0 bridgehead atoms. The molecule has 1 aliphatic rings. The number of hydrogen-bond acceptors (Lipinski definition) is 7. The summed E-state index contributed by atoms with van der Waals surface area (Å²) >= 11 is 3.66. The lowest BCUT2D eigenvalue weighted by Gasteiger charge is -2.21. The molecule has 0 aromatic carbocycles. The average Bonchev–Trinajstić information content (AvgIpc) is 2.45. The molecule has 1 saturated heterocycles. The molecule has 0 aliphatic carbocycles. The number of nitrogens with zero attached hydrogens (tertiary/aromatic N) is 2. The Bertz CT molecular complexity index is 451. The van der Waals surface area contributed by atoms with Crippen molar-refractivity contribution in [3.8, 4) is 0 Å². The average molecular weight is 325 g/mol. The predicted molar refractivity (Wildman–Crippen MR) is 76.9 cm³/mol. The van der Waals surface area contributed by atoms with Crippen LogP contribution in [0.4, 0.5) is 24.8 Å². The topological polar surface area (TPSA) is 75.9 Å². The molecule has 1 fully saturated rings. The number of nitrogens with two attached hydrogens (primary N) is 1. The molecule has 4 N–H and O–H groups in total. The largest absolute Gasteiger partial charge is 0.451 e. The summed E-state index contributed by atoms with van der Waals surface area (Å²) in [6, 6.07) is 1.36. The van der Waals surface area contributed by atoms with Crippen molar-refractivity contribution in [1.82, 2.24) is 9.97 Å². The third kappa shape index (κ3) is 4.32. The molecule has 2 heterocycles. The van der Waals surface area contributed by atoms with Gasteiger partial charge in [0.25, 0.3) is 0 Å². The molecular formula is C10H14F3N5S2. The highest BCUT2D eigenvalue weighted by Gasteiger charge is 2.35. The molecule has 1 unspecified atom stereocenters. The quantitative estimate of drug-likeness (QED) is 0.578. The Morgan fingerprint density at radius 3 is 2.65 bits per heavy atom. The van der Waals surface area contributed by atoms with Gasteiger partial charge in [0.15, 0.2) is 0 Å². The van der Waals surface area contributed by atoms with Crippen molar-refractivity contribution in [1.29, 1.82) is 0 Å². The number of alkyl halides is 3. The van der Waals surface area contributed by atoms with Crippen molar-refractivity contribution in [2.24, 2.45) is 5.84 Å². The highest BCUT2D eigenvalue weighted by atomic mass is 32.2. The second-order valence-corrected chi connectivity index (χ2v) is 6.61. The van der Waals surface area contributed by atoms with Crippen LogP contribution in [0.15, 0.2) is 6.07 Å². The van der Waals surface area contributed by atoms with E-state index in [2.05, 4.69) is 20.7 Å². The Hall–Kier alpha value is -0.870. The maximum absolute atomic E-state index is 12.7. The first-order chi connectivity index (χ1) is 9.49. The molecule has 0 amide bonds. The minimum absolute atomic E-state index is 0.0690. The number of halogens is 3. The molecule has 1 aromatic rings. The Balaban J connectivity index is 2.06. The molecule has 10 heteroatoms. The Labute approximate surface area is 122 Å². The van der Waals surface area contributed by atoms with Crippen LogP contribution in [0, 0.1) is 0 Å². The fourth-order valence-electron chi connectivity index (χ4n) is 1.61. The molecule has 1 aliphatic heterocycles. The van der Waals surface area contributed by atoms with Crippen LogP contribution in [0.1, 0.15) is 5.82 Å². The van der Waals surface area contributed by atoms with Crippen LogP contribution in [0.2, 0.25) is 0 Å². The number of rotatable bonds is 4. The van der Waals surface area contributed by atoms with E-state index in [0.717, 1.165) is 17.3 Å². The fourth-order valence-corrected chi connectivity index (χ4v) is 4.22. The van der Waals surface area contributed by atoms with Crippen LogP contribution >= 0.6 is 23.5 Å². The predicted octanol–water partition coefficient (Wildman–Crippen LogP) is 2.04. The van der Waals surface area contributed by atoms with Crippen molar-refractivity contribution in [3.63, 3.8) is 0 Å². The number of nitrogen functional groups attached to an aromatic ring is 1. The van der Waals surface area contributed by atoms with E-state index in [4.69, 9.17) is 5.84 Å². The Kier molecular flexibility index (Phi) is 5.22. The van der Waals surface area contributed by atoms with Crippen LogP contribution in [0.5, 0.6) is 0 Å². The monoisotopic (exact) mass is 325 g/mol. The SMILES string of the molecule is NNc1cc(NCC2CSCCS2)nc(C(F)(F)F)n1. The lowest BCUT2D eigenvalue weighted by atomic mass is 10.4. The highest BCUT2D eigenvalue weighted by Crippen LogP contribution is 2.28. The van der Waals surface area contributed by atoms with E-state index in [9.17, 15) is 13.2 Å². The van der Waals surface area contributed by atoms with Gasteiger partial charge in [-0.1, -0.05) is 0 Å². The van der Waals surface area contributed by atoms with Gasteiger partial charge in [-0.25, -0.2) is 15.8 Å². The van der Waals surface area contributed by atoms with Crippen LogP contribution in [-0.4, -0.2) is 39.0 Å². The first kappa shape index (κ1) is 15.5. The third-order valence-corrected chi connectivity index (χ3v) is 5.37. The zero-order chi connectivity index (χ0) is 14.6. The summed E-state index contributed by atoms with van der Waals surface area (Å²) < 4.78 is 38.0. The lowest BCUT2D eigenvalue weighted by Crippen LogP contribution is -2.24. The summed E-state index contributed by atoms with van der Waals surface area (Å²) in [7, 11) is 0. The van der Waals surface area contributed by atoms with E-state index in [1.165, 1.54) is 6.07 Å². The van der Waals surface area contributed by atoms with Gasteiger partial charge in [-0.15, -0.1) is 0 Å². The molecular weight excluding hydrogens is 311 g/mol. The zero-order valence-electron chi connectivity index (χ0n) is 10.4. The normalized spacial score (nSPS) is 19.7. The maximum atomic E-state index is 12.7. The van der Waals surface area contributed by atoms with E-state index in [1.54, 1.807) is 0 Å². The summed E-state index contributed by atoms with van der Waals surface area (Å²) in [5.41, 5.74) is 2.12. The molecule has 20 heavy (non-hydrogen) atoms. The lowest BCUT2D eigenvalue weighted by molar-refractivity contribution is -0.144. The fraction of sp³-hybridized carbons (Fsp3) is 0.600. The van der Waals surface area contributed by atoms with E-state index in [-0.39, 0.29) is 11.6 Å². The van der Waals surface area contributed by atoms with Crippen molar-refractivity contribution in [2.45, 2.75) is 11.4 Å². The first-order valence-corrected chi connectivity index (χ1v) is 8.05. The molecule has 5 nitrogen and oxygen atoms in total. The van der Waals surface area contributed by atoms with Crippen LogP contribution in [0.3, 0.4) is 0 Å². The van der Waals surface area contributed by atoms with E-state index in [1.807, 2.05) is 23.5 Å². The van der Waals surface area contributed by atoms with Crippen molar-refractivity contribution < 1.29 is 13.2 Å². The standard InChI is InChI=1S/C10H14F3N5S2/c11-10(12,13)9-16-7(3-8(17-9)18-14)15-4-6-5-19-1-2-20-6/h3,6H,1-2,4-5,14H2,(H2,15,16,17,18).